The lowest BCUT2D eigenvalue weighted by Crippen LogP contribution is -2.44. The molecule has 196 valence electrons. The summed E-state index contributed by atoms with van der Waals surface area (Å²) < 4.78 is 5.84. The van der Waals surface area contributed by atoms with Gasteiger partial charge < -0.3 is 20.1 Å². The maximum absolute atomic E-state index is 13.0. The van der Waals surface area contributed by atoms with Gasteiger partial charge in [-0.2, -0.15) is 0 Å². The molecule has 2 aliphatic carbocycles. The van der Waals surface area contributed by atoms with Crippen LogP contribution in [0, 0.1) is 18.8 Å². The molecule has 2 saturated carbocycles. The summed E-state index contributed by atoms with van der Waals surface area (Å²) in [6, 6.07) is 6.99. The van der Waals surface area contributed by atoms with Crippen molar-refractivity contribution in [3.63, 3.8) is 0 Å². The van der Waals surface area contributed by atoms with Gasteiger partial charge in [0.1, 0.15) is 5.60 Å². The lowest BCUT2D eigenvalue weighted by Gasteiger charge is -2.35. The lowest BCUT2D eigenvalue weighted by molar-refractivity contribution is -0.143. The van der Waals surface area contributed by atoms with E-state index >= 15 is 0 Å². The minimum atomic E-state index is -1.13. The van der Waals surface area contributed by atoms with Crippen LogP contribution in [-0.4, -0.2) is 52.8 Å². The van der Waals surface area contributed by atoms with Crippen LogP contribution < -0.4 is 5.32 Å². The van der Waals surface area contributed by atoms with E-state index in [2.05, 4.69) is 50.4 Å². The zero-order valence-corrected chi connectivity index (χ0v) is 22.3. The standard InChI is InChI=1S/C31H39N3O3/c1-19(2)25(12-21-4-5-21)26-15-24(16-33-20(26)3)23-13-22-6-10-34(30(35)31(36)7-8-31)17-28(22)27(14-23)29-18-37-11-9-32-29/h12-16,19,21,29,32,36H,4-11,17-18H2,1-3H3/b25-12-/t29-/m0/s1. The Hall–Kier alpha value is -2.54. The molecule has 0 unspecified atom stereocenters. The summed E-state index contributed by atoms with van der Waals surface area (Å²) in [6.45, 7) is 10.00. The molecule has 2 aliphatic heterocycles. The van der Waals surface area contributed by atoms with Crippen molar-refractivity contribution in [3.8, 4) is 11.1 Å². The molecule has 1 saturated heterocycles. The number of morpholine rings is 1. The van der Waals surface area contributed by atoms with Crippen molar-refractivity contribution in [3.05, 3.63) is 58.4 Å². The molecule has 37 heavy (non-hydrogen) atoms. The molecule has 3 heterocycles. The van der Waals surface area contributed by atoms with Gasteiger partial charge in [-0.05, 0) is 96.4 Å². The smallest absolute Gasteiger partial charge is 0.254 e. The number of carbonyl (C=O) groups is 1. The number of aryl methyl sites for hydroxylation is 1. The summed E-state index contributed by atoms with van der Waals surface area (Å²) >= 11 is 0. The molecule has 6 heteroatoms. The summed E-state index contributed by atoms with van der Waals surface area (Å²) in [7, 11) is 0. The van der Waals surface area contributed by atoms with Crippen LogP contribution in [0.1, 0.15) is 73.5 Å². The molecule has 4 aliphatic rings. The first-order chi connectivity index (χ1) is 17.8. The van der Waals surface area contributed by atoms with Gasteiger partial charge in [0.25, 0.3) is 5.91 Å². The minimum Gasteiger partial charge on any atom is -0.380 e. The van der Waals surface area contributed by atoms with E-state index in [0.29, 0.717) is 51.0 Å². The summed E-state index contributed by atoms with van der Waals surface area (Å²) in [6.07, 6.45) is 9.01. The van der Waals surface area contributed by atoms with Crippen LogP contribution in [-0.2, 0) is 22.5 Å². The molecule has 6 rings (SSSR count). The molecule has 3 fully saturated rings. The summed E-state index contributed by atoms with van der Waals surface area (Å²) in [5.41, 5.74) is 8.60. The highest BCUT2D eigenvalue weighted by atomic mass is 16.5. The molecular weight excluding hydrogens is 462 g/mol. The van der Waals surface area contributed by atoms with Gasteiger partial charge in [0.15, 0.2) is 0 Å². The molecule has 1 aromatic heterocycles. The second-order valence-electron chi connectivity index (χ2n) is 11.8. The number of pyridine rings is 1. The maximum Gasteiger partial charge on any atom is 0.254 e. The Morgan fingerprint density at radius 2 is 2.05 bits per heavy atom. The monoisotopic (exact) mass is 501 g/mol. The first kappa shape index (κ1) is 24.8. The predicted molar refractivity (Wildman–Crippen MR) is 145 cm³/mol. The van der Waals surface area contributed by atoms with Gasteiger partial charge in [-0.3, -0.25) is 9.78 Å². The third-order valence-corrected chi connectivity index (χ3v) is 8.47. The third-order valence-electron chi connectivity index (χ3n) is 8.47. The van der Waals surface area contributed by atoms with Crippen molar-refractivity contribution < 1.29 is 14.6 Å². The van der Waals surface area contributed by atoms with Crippen LogP contribution in [0.4, 0.5) is 0 Å². The van der Waals surface area contributed by atoms with Crippen molar-refractivity contribution in [2.75, 3.05) is 26.3 Å². The molecule has 0 radical (unpaired) electrons. The number of aromatic nitrogens is 1. The number of nitrogens with zero attached hydrogens (tertiary/aromatic N) is 2. The molecule has 0 spiro atoms. The number of amides is 1. The first-order valence-corrected chi connectivity index (χ1v) is 14.0. The van der Waals surface area contributed by atoms with E-state index < -0.39 is 5.60 Å². The molecule has 2 N–H and O–H groups in total. The Labute approximate surface area is 220 Å². The second kappa shape index (κ2) is 9.64. The van der Waals surface area contributed by atoms with E-state index in [-0.39, 0.29) is 11.9 Å². The number of fused-ring (bicyclic) bond motifs is 1. The molecule has 2 aromatic rings. The van der Waals surface area contributed by atoms with Gasteiger partial charge in [0, 0.05) is 37.1 Å². The topological polar surface area (TPSA) is 74.7 Å². The fourth-order valence-corrected chi connectivity index (χ4v) is 5.83. The average molecular weight is 502 g/mol. The second-order valence-corrected chi connectivity index (χ2v) is 11.8. The highest BCUT2D eigenvalue weighted by molar-refractivity contribution is 5.88. The molecule has 1 atom stereocenters. The molecule has 6 nitrogen and oxygen atoms in total. The molecule has 1 amide bonds. The number of benzene rings is 1. The average Bonchev–Trinajstić information content (AvgIpc) is 3.85. The number of nitrogens with one attached hydrogen (secondary N) is 1. The van der Waals surface area contributed by atoms with Crippen molar-refractivity contribution in [1.82, 2.24) is 15.2 Å². The Bertz CT molecular complexity index is 1240. The zero-order valence-electron chi connectivity index (χ0n) is 22.3. The summed E-state index contributed by atoms with van der Waals surface area (Å²) in [4.78, 5) is 19.7. The quantitative estimate of drug-likeness (QED) is 0.606. The normalized spacial score (nSPS) is 23.2. The van der Waals surface area contributed by atoms with Gasteiger partial charge in [0.2, 0.25) is 0 Å². The van der Waals surface area contributed by atoms with Crippen LogP contribution in [0.2, 0.25) is 0 Å². The summed E-state index contributed by atoms with van der Waals surface area (Å²) in [5, 5.41) is 14.1. The zero-order chi connectivity index (χ0) is 25.7. The van der Waals surface area contributed by atoms with Crippen LogP contribution in [0.3, 0.4) is 0 Å². The van der Waals surface area contributed by atoms with Gasteiger partial charge >= 0.3 is 0 Å². The van der Waals surface area contributed by atoms with E-state index in [4.69, 9.17) is 9.72 Å². The van der Waals surface area contributed by atoms with Crippen LogP contribution in [0.15, 0.2) is 30.5 Å². The van der Waals surface area contributed by atoms with Crippen molar-refractivity contribution in [2.24, 2.45) is 11.8 Å². The lowest BCUT2D eigenvalue weighted by atomic mass is 9.86. The SMILES string of the molecule is Cc1ncc(-c2cc3c(c([C@@H]4COCCN4)c2)CN(C(=O)C2(O)CC2)CC3)cc1/C(=C\C1CC1)C(C)C. The number of rotatable bonds is 6. The molecule has 1 aromatic carbocycles. The van der Waals surface area contributed by atoms with Crippen LogP contribution >= 0.6 is 0 Å². The van der Waals surface area contributed by atoms with Crippen molar-refractivity contribution >= 4 is 11.5 Å². The maximum atomic E-state index is 13.0. The van der Waals surface area contributed by atoms with Gasteiger partial charge in [-0.25, -0.2) is 0 Å². The number of aliphatic hydroxyl groups is 1. The number of carbonyl (C=O) groups excluding carboxylic acids is 1. The third kappa shape index (κ3) is 4.99. The van der Waals surface area contributed by atoms with E-state index in [1.165, 1.54) is 46.2 Å². The highest BCUT2D eigenvalue weighted by Crippen LogP contribution is 2.41. The fourth-order valence-electron chi connectivity index (χ4n) is 5.83. The van der Waals surface area contributed by atoms with Crippen LogP contribution in [0.25, 0.3) is 16.7 Å². The van der Waals surface area contributed by atoms with Crippen LogP contribution in [0.5, 0.6) is 0 Å². The Morgan fingerprint density at radius 1 is 1.24 bits per heavy atom. The number of hydrogen-bond donors (Lipinski definition) is 2. The van der Waals surface area contributed by atoms with E-state index in [1.807, 2.05) is 11.1 Å². The number of allylic oxidation sites excluding steroid dienone is 2. The van der Waals surface area contributed by atoms with E-state index in [9.17, 15) is 9.90 Å². The largest absolute Gasteiger partial charge is 0.380 e. The minimum absolute atomic E-state index is 0.0837. The van der Waals surface area contributed by atoms with Gasteiger partial charge in [0.05, 0.1) is 19.3 Å². The van der Waals surface area contributed by atoms with Gasteiger partial charge in [-0.15, -0.1) is 0 Å². The highest BCUT2D eigenvalue weighted by Gasteiger charge is 2.50. The fraction of sp³-hybridized carbons (Fsp3) is 0.548. The molecular formula is C31H39N3O3. The summed E-state index contributed by atoms with van der Waals surface area (Å²) in [5.74, 6) is 1.05. The first-order valence-electron chi connectivity index (χ1n) is 14.0. The van der Waals surface area contributed by atoms with E-state index in [1.54, 1.807) is 0 Å². The van der Waals surface area contributed by atoms with Gasteiger partial charge in [-0.1, -0.05) is 26.0 Å². The Balaban J connectivity index is 1.40. The van der Waals surface area contributed by atoms with Crippen molar-refractivity contribution in [1.29, 1.82) is 0 Å². The van der Waals surface area contributed by atoms with E-state index in [0.717, 1.165) is 24.2 Å². The van der Waals surface area contributed by atoms with Crippen molar-refractivity contribution in [2.45, 2.75) is 71.1 Å². The number of hydrogen-bond acceptors (Lipinski definition) is 5. The molecule has 0 bridgehead atoms. The Morgan fingerprint density at radius 3 is 2.73 bits per heavy atom. The number of ether oxygens (including phenoxy) is 1. The Kier molecular flexibility index (Phi) is 6.46. The predicted octanol–water partition coefficient (Wildman–Crippen LogP) is 4.58.